The van der Waals surface area contributed by atoms with E-state index in [0.29, 0.717) is 11.6 Å². The Hall–Kier alpha value is -1.35. The first kappa shape index (κ1) is 14.6. The second-order valence-electron chi connectivity index (χ2n) is 6.84. The Balaban J connectivity index is 1.57. The Kier molecular flexibility index (Phi) is 4.29. The van der Waals surface area contributed by atoms with Gasteiger partial charge in [-0.1, -0.05) is 25.0 Å². The molecule has 3 nitrogen and oxygen atoms in total. The van der Waals surface area contributed by atoms with Gasteiger partial charge < -0.3 is 5.11 Å². The minimum Gasteiger partial charge on any atom is -0.478 e. The molecular weight excluding hydrogens is 262 g/mol. The number of carboxylic acids is 1. The zero-order valence-corrected chi connectivity index (χ0v) is 12.8. The van der Waals surface area contributed by atoms with Gasteiger partial charge in [0.05, 0.1) is 5.56 Å². The summed E-state index contributed by atoms with van der Waals surface area (Å²) in [7, 11) is 2.21. The molecule has 21 heavy (non-hydrogen) atoms. The molecule has 3 rings (SSSR count). The summed E-state index contributed by atoms with van der Waals surface area (Å²) < 4.78 is 0. The van der Waals surface area contributed by atoms with Gasteiger partial charge in [0.2, 0.25) is 0 Å². The molecule has 1 aromatic carbocycles. The summed E-state index contributed by atoms with van der Waals surface area (Å²) in [5, 5.41) is 8.94. The van der Waals surface area contributed by atoms with Crippen molar-refractivity contribution < 1.29 is 9.90 Å². The van der Waals surface area contributed by atoms with Crippen molar-refractivity contribution in [2.75, 3.05) is 7.05 Å². The van der Waals surface area contributed by atoms with Crippen LogP contribution >= 0.6 is 0 Å². The van der Waals surface area contributed by atoms with E-state index in [1.807, 2.05) is 12.1 Å². The van der Waals surface area contributed by atoms with Crippen molar-refractivity contribution in [3.8, 4) is 0 Å². The molecule has 0 saturated heterocycles. The minimum absolute atomic E-state index is 0.368. The van der Waals surface area contributed by atoms with Gasteiger partial charge in [-0.2, -0.15) is 0 Å². The topological polar surface area (TPSA) is 40.5 Å². The number of carboxylic acid groups (broad SMARTS) is 1. The first-order valence-corrected chi connectivity index (χ1v) is 8.16. The van der Waals surface area contributed by atoms with Gasteiger partial charge in [0.1, 0.15) is 0 Å². The minimum atomic E-state index is -0.852. The van der Waals surface area contributed by atoms with Gasteiger partial charge in [-0.15, -0.1) is 0 Å². The zero-order chi connectivity index (χ0) is 14.8. The largest absolute Gasteiger partial charge is 0.478 e. The van der Waals surface area contributed by atoms with E-state index in [4.69, 9.17) is 5.11 Å². The fraction of sp³-hybridized carbons (Fsp3) is 0.611. The molecular formula is C18H25NO2. The van der Waals surface area contributed by atoms with Crippen molar-refractivity contribution >= 4 is 5.97 Å². The van der Waals surface area contributed by atoms with Gasteiger partial charge in [-0.25, -0.2) is 4.79 Å². The van der Waals surface area contributed by atoms with Crippen LogP contribution in [0.15, 0.2) is 24.3 Å². The number of aromatic carboxylic acids is 1. The van der Waals surface area contributed by atoms with Crippen molar-refractivity contribution in [1.82, 2.24) is 4.90 Å². The first-order valence-electron chi connectivity index (χ1n) is 8.16. The summed E-state index contributed by atoms with van der Waals surface area (Å²) in [4.78, 5) is 13.3. The summed E-state index contributed by atoms with van der Waals surface area (Å²) >= 11 is 0. The molecule has 2 unspecified atom stereocenters. The third-order valence-corrected chi connectivity index (χ3v) is 5.23. The lowest BCUT2D eigenvalue weighted by atomic mass is 9.82. The fourth-order valence-corrected chi connectivity index (χ4v) is 3.77. The molecule has 1 aromatic rings. The molecule has 0 aliphatic heterocycles. The van der Waals surface area contributed by atoms with Crippen molar-refractivity contribution in [3.63, 3.8) is 0 Å². The summed E-state index contributed by atoms with van der Waals surface area (Å²) in [5.41, 5.74) is 1.57. The summed E-state index contributed by atoms with van der Waals surface area (Å²) in [6, 6.07) is 8.00. The molecule has 0 spiro atoms. The highest BCUT2D eigenvalue weighted by atomic mass is 16.4. The quantitative estimate of drug-likeness (QED) is 0.896. The SMILES string of the molecule is CN(Cc1ccc(C(=O)O)cc1)C1CCCC(C2CC2)C1. The standard InChI is InChI=1S/C18H25NO2/c1-19(12-13-5-7-15(8-6-13)18(20)21)17-4-2-3-16(11-17)14-9-10-14/h5-8,14,16-17H,2-4,9-12H2,1H3,(H,20,21). The number of nitrogens with zero attached hydrogens (tertiary/aromatic N) is 1. The predicted molar refractivity (Wildman–Crippen MR) is 83.3 cm³/mol. The van der Waals surface area contributed by atoms with E-state index >= 15 is 0 Å². The third-order valence-electron chi connectivity index (χ3n) is 5.23. The van der Waals surface area contributed by atoms with Crippen molar-refractivity contribution in [2.24, 2.45) is 11.8 Å². The maximum Gasteiger partial charge on any atom is 0.335 e. The van der Waals surface area contributed by atoms with Crippen LogP contribution in [-0.2, 0) is 6.54 Å². The lowest BCUT2D eigenvalue weighted by Crippen LogP contribution is -2.36. The van der Waals surface area contributed by atoms with Crippen LogP contribution in [0.5, 0.6) is 0 Å². The van der Waals surface area contributed by atoms with Crippen LogP contribution in [0.25, 0.3) is 0 Å². The maximum atomic E-state index is 10.9. The molecule has 2 saturated carbocycles. The average molecular weight is 287 g/mol. The highest BCUT2D eigenvalue weighted by Crippen LogP contribution is 2.44. The highest BCUT2D eigenvalue weighted by Gasteiger charge is 2.35. The molecule has 3 heteroatoms. The average Bonchev–Trinajstić information content (AvgIpc) is 3.32. The van der Waals surface area contributed by atoms with Crippen LogP contribution in [0.2, 0.25) is 0 Å². The Labute approximate surface area is 127 Å². The number of hydrogen-bond acceptors (Lipinski definition) is 2. The van der Waals surface area contributed by atoms with Crippen molar-refractivity contribution in [1.29, 1.82) is 0 Å². The van der Waals surface area contributed by atoms with E-state index in [2.05, 4.69) is 11.9 Å². The molecule has 1 N–H and O–H groups in total. The molecule has 0 radical (unpaired) electrons. The van der Waals surface area contributed by atoms with Crippen molar-refractivity contribution in [3.05, 3.63) is 35.4 Å². The van der Waals surface area contributed by atoms with Crippen LogP contribution in [0.4, 0.5) is 0 Å². The Morgan fingerprint density at radius 1 is 1.14 bits per heavy atom. The second-order valence-corrected chi connectivity index (χ2v) is 6.84. The van der Waals surface area contributed by atoms with Gasteiger partial charge in [0.15, 0.2) is 0 Å². The van der Waals surface area contributed by atoms with E-state index < -0.39 is 5.97 Å². The molecule has 2 aliphatic rings. The Morgan fingerprint density at radius 2 is 1.86 bits per heavy atom. The first-order chi connectivity index (χ1) is 10.1. The molecule has 2 aliphatic carbocycles. The normalized spacial score (nSPS) is 26.0. The molecule has 2 atom stereocenters. The fourth-order valence-electron chi connectivity index (χ4n) is 3.77. The lowest BCUT2D eigenvalue weighted by molar-refractivity contribution is 0.0697. The van der Waals surface area contributed by atoms with E-state index in [1.165, 1.54) is 44.1 Å². The molecule has 0 aromatic heterocycles. The smallest absolute Gasteiger partial charge is 0.335 e. The van der Waals surface area contributed by atoms with Crippen LogP contribution in [0.3, 0.4) is 0 Å². The maximum absolute atomic E-state index is 10.9. The molecule has 2 fully saturated rings. The predicted octanol–water partition coefficient (Wildman–Crippen LogP) is 3.79. The van der Waals surface area contributed by atoms with Gasteiger partial charge >= 0.3 is 5.97 Å². The van der Waals surface area contributed by atoms with Crippen LogP contribution < -0.4 is 0 Å². The van der Waals surface area contributed by atoms with E-state index in [-0.39, 0.29) is 0 Å². The van der Waals surface area contributed by atoms with Gasteiger partial charge in [0.25, 0.3) is 0 Å². The molecule has 0 heterocycles. The molecule has 0 bridgehead atoms. The summed E-state index contributed by atoms with van der Waals surface area (Å²) in [6.45, 7) is 0.919. The number of hydrogen-bond donors (Lipinski definition) is 1. The van der Waals surface area contributed by atoms with Gasteiger partial charge in [-0.3, -0.25) is 4.90 Å². The zero-order valence-electron chi connectivity index (χ0n) is 12.8. The summed E-state index contributed by atoms with van der Waals surface area (Å²) in [6.07, 6.45) is 8.38. The highest BCUT2D eigenvalue weighted by molar-refractivity contribution is 5.87. The number of benzene rings is 1. The monoisotopic (exact) mass is 287 g/mol. The van der Waals surface area contributed by atoms with Gasteiger partial charge in [-0.05, 0) is 62.3 Å². The lowest BCUT2D eigenvalue weighted by Gasteiger charge is -2.35. The third kappa shape index (κ3) is 3.65. The molecule has 0 amide bonds. The van der Waals surface area contributed by atoms with Crippen LogP contribution in [0, 0.1) is 11.8 Å². The van der Waals surface area contributed by atoms with Crippen LogP contribution in [-0.4, -0.2) is 29.1 Å². The Bertz CT molecular complexity index is 492. The number of carbonyl (C=O) groups is 1. The summed E-state index contributed by atoms with van der Waals surface area (Å²) in [5.74, 6) is 1.13. The second kappa shape index (κ2) is 6.18. The van der Waals surface area contributed by atoms with Crippen molar-refractivity contribution in [2.45, 2.75) is 51.1 Å². The van der Waals surface area contributed by atoms with Crippen LogP contribution in [0.1, 0.15) is 54.4 Å². The number of rotatable bonds is 5. The van der Waals surface area contributed by atoms with E-state index in [0.717, 1.165) is 18.4 Å². The Morgan fingerprint density at radius 3 is 2.48 bits per heavy atom. The molecule has 114 valence electrons. The van der Waals surface area contributed by atoms with E-state index in [9.17, 15) is 4.79 Å². The van der Waals surface area contributed by atoms with E-state index in [1.54, 1.807) is 12.1 Å². The van der Waals surface area contributed by atoms with Gasteiger partial charge in [0, 0.05) is 12.6 Å².